The number of carbonyl (C=O) groups is 1. The second kappa shape index (κ2) is 9.08. The average molecular weight is 327 g/mol. The number of ether oxygens (including phenoxy) is 2. The molecule has 2 aromatic carbocycles. The number of rotatable bonds is 8. The van der Waals surface area contributed by atoms with Gasteiger partial charge in [0.25, 0.3) is 0 Å². The minimum absolute atomic E-state index is 0.188. The monoisotopic (exact) mass is 327 g/mol. The van der Waals surface area contributed by atoms with Gasteiger partial charge in [-0.15, -0.1) is 0 Å². The molecule has 1 atom stereocenters. The van der Waals surface area contributed by atoms with Gasteiger partial charge in [-0.25, -0.2) is 0 Å². The van der Waals surface area contributed by atoms with E-state index in [0.29, 0.717) is 19.6 Å². The van der Waals surface area contributed by atoms with Crippen molar-refractivity contribution in [1.82, 2.24) is 4.90 Å². The van der Waals surface area contributed by atoms with Crippen molar-refractivity contribution in [2.45, 2.75) is 25.9 Å². The zero-order valence-corrected chi connectivity index (χ0v) is 14.6. The molecule has 0 saturated carbocycles. The number of esters is 1. The summed E-state index contributed by atoms with van der Waals surface area (Å²) in [6.07, 6.45) is 0.625. The Morgan fingerprint density at radius 2 is 1.79 bits per heavy atom. The van der Waals surface area contributed by atoms with Crippen LogP contribution in [0.3, 0.4) is 0 Å². The molecule has 0 aliphatic heterocycles. The van der Waals surface area contributed by atoms with Crippen molar-refractivity contribution in [3.05, 3.63) is 65.7 Å². The minimum atomic E-state index is -0.321. The number of nitrogens with zero attached hydrogens (tertiary/aromatic N) is 1. The van der Waals surface area contributed by atoms with Crippen molar-refractivity contribution >= 4 is 5.97 Å². The molecule has 0 heterocycles. The topological polar surface area (TPSA) is 38.8 Å². The van der Waals surface area contributed by atoms with Gasteiger partial charge in [0, 0.05) is 6.54 Å². The molecule has 0 bridgehead atoms. The molecule has 2 rings (SSSR count). The summed E-state index contributed by atoms with van der Waals surface area (Å²) in [6, 6.07) is 17.6. The van der Waals surface area contributed by atoms with Crippen LogP contribution < -0.4 is 4.74 Å². The summed E-state index contributed by atoms with van der Waals surface area (Å²) in [5.74, 6) is 0.628. The highest BCUT2D eigenvalue weighted by atomic mass is 16.5. The van der Waals surface area contributed by atoms with Crippen LogP contribution in [0.5, 0.6) is 5.75 Å². The third-order valence-electron chi connectivity index (χ3n) is 3.93. The van der Waals surface area contributed by atoms with Gasteiger partial charge in [-0.1, -0.05) is 42.5 Å². The third-order valence-corrected chi connectivity index (χ3v) is 3.93. The lowest BCUT2D eigenvalue weighted by molar-refractivity contribution is -0.149. The van der Waals surface area contributed by atoms with E-state index in [-0.39, 0.29) is 12.0 Å². The summed E-state index contributed by atoms with van der Waals surface area (Å²) >= 11 is 0. The molecule has 0 aromatic heterocycles. The number of hydrogen-bond acceptors (Lipinski definition) is 4. The number of methoxy groups -OCH3 is 1. The van der Waals surface area contributed by atoms with Crippen LogP contribution in [0.25, 0.3) is 0 Å². The molecule has 128 valence electrons. The summed E-state index contributed by atoms with van der Waals surface area (Å²) in [5, 5.41) is 0. The van der Waals surface area contributed by atoms with Gasteiger partial charge < -0.3 is 9.47 Å². The Bertz CT molecular complexity index is 642. The fourth-order valence-electron chi connectivity index (χ4n) is 2.66. The van der Waals surface area contributed by atoms with E-state index in [0.717, 1.165) is 16.9 Å². The van der Waals surface area contributed by atoms with Crippen LogP contribution >= 0.6 is 0 Å². The van der Waals surface area contributed by atoms with E-state index in [1.807, 2.05) is 73.5 Å². The fourth-order valence-corrected chi connectivity index (χ4v) is 2.66. The van der Waals surface area contributed by atoms with E-state index in [1.54, 1.807) is 7.11 Å². The SMILES string of the molecule is CCOC(=O)C(Cc1ccccc1)N(C)Cc1cccc(OC)c1. The van der Waals surface area contributed by atoms with Crippen molar-refractivity contribution in [3.63, 3.8) is 0 Å². The van der Waals surface area contributed by atoms with Crippen molar-refractivity contribution in [3.8, 4) is 5.75 Å². The van der Waals surface area contributed by atoms with Gasteiger partial charge in [-0.05, 0) is 43.7 Å². The maximum Gasteiger partial charge on any atom is 0.323 e. The van der Waals surface area contributed by atoms with E-state index >= 15 is 0 Å². The number of benzene rings is 2. The molecule has 1 unspecified atom stereocenters. The van der Waals surface area contributed by atoms with Crippen LogP contribution in [0, 0.1) is 0 Å². The first-order chi connectivity index (χ1) is 11.6. The molecule has 4 heteroatoms. The van der Waals surface area contributed by atoms with Crippen LogP contribution in [0.1, 0.15) is 18.1 Å². The quantitative estimate of drug-likeness (QED) is 0.697. The lowest BCUT2D eigenvalue weighted by atomic mass is 10.0. The predicted octanol–water partition coefficient (Wildman–Crippen LogP) is 3.30. The van der Waals surface area contributed by atoms with E-state index < -0.39 is 0 Å². The highest BCUT2D eigenvalue weighted by molar-refractivity contribution is 5.76. The Morgan fingerprint density at radius 3 is 2.46 bits per heavy atom. The Balaban J connectivity index is 2.13. The van der Waals surface area contributed by atoms with Crippen molar-refractivity contribution < 1.29 is 14.3 Å². The summed E-state index contributed by atoms with van der Waals surface area (Å²) in [7, 11) is 3.60. The van der Waals surface area contributed by atoms with Crippen LogP contribution in [-0.4, -0.2) is 37.7 Å². The summed E-state index contributed by atoms with van der Waals surface area (Å²) in [4.78, 5) is 14.4. The number of hydrogen-bond donors (Lipinski definition) is 0. The summed E-state index contributed by atoms with van der Waals surface area (Å²) in [6.45, 7) is 2.87. The van der Waals surface area contributed by atoms with Crippen molar-refractivity contribution in [2.24, 2.45) is 0 Å². The molecule has 0 aliphatic rings. The first kappa shape index (κ1) is 18.0. The zero-order valence-electron chi connectivity index (χ0n) is 14.6. The van der Waals surface area contributed by atoms with Crippen molar-refractivity contribution in [2.75, 3.05) is 20.8 Å². The molecule has 0 fully saturated rings. The van der Waals surface area contributed by atoms with Crippen molar-refractivity contribution in [1.29, 1.82) is 0 Å². The second-order valence-electron chi connectivity index (χ2n) is 5.72. The minimum Gasteiger partial charge on any atom is -0.497 e. The Hall–Kier alpha value is -2.33. The summed E-state index contributed by atoms with van der Waals surface area (Å²) in [5.41, 5.74) is 2.22. The van der Waals surface area contributed by atoms with E-state index in [1.165, 1.54) is 0 Å². The zero-order chi connectivity index (χ0) is 17.4. The Morgan fingerprint density at radius 1 is 1.08 bits per heavy atom. The fraction of sp³-hybridized carbons (Fsp3) is 0.350. The van der Waals surface area contributed by atoms with Crippen LogP contribution in [0.2, 0.25) is 0 Å². The maximum atomic E-state index is 12.4. The van der Waals surface area contributed by atoms with Gasteiger partial charge in [0.1, 0.15) is 11.8 Å². The lowest BCUT2D eigenvalue weighted by Crippen LogP contribution is -2.41. The molecule has 0 N–H and O–H groups in total. The van der Waals surface area contributed by atoms with Gasteiger partial charge in [-0.3, -0.25) is 9.69 Å². The Labute approximate surface area is 144 Å². The Kier molecular flexibility index (Phi) is 6.82. The smallest absolute Gasteiger partial charge is 0.323 e. The van der Waals surface area contributed by atoms with E-state index in [4.69, 9.17) is 9.47 Å². The van der Waals surface area contributed by atoms with Gasteiger partial charge in [-0.2, -0.15) is 0 Å². The van der Waals surface area contributed by atoms with Crippen LogP contribution in [-0.2, 0) is 22.5 Å². The van der Waals surface area contributed by atoms with Crippen LogP contribution in [0.4, 0.5) is 0 Å². The van der Waals surface area contributed by atoms with Gasteiger partial charge in [0.2, 0.25) is 0 Å². The molecule has 0 saturated heterocycles. The highest BCUT2D eigenvalue weighted by Crippen LogP contribution is 2.17. The molecule has 24 heavy (non-hydrogen) atoms. The standard InChI is InChI=1S/C20H25NO3/c1-4-24-20(22)19(14-16-9-6-5-7-10-16)21(2)15-17-11-8-12-18(13-17)23-3/h5-13,19H,4,14-15H2,1-3H3. The number of carbonyl (C=O) groups excluding carboxylic acids is 1. The molecule has 4 nitrogen and oxygen atoms in total. The molecule has 0 radical (unpaired) electrons. The predicted molar refractivity (Wildman–Crippen MR) is 95.0 cm³/mol. The summed E-state index contributed by atoms with van der Waals surface area (Å²) < 4.78 is 10.5. The maximum absolute atomic E-state index is 12.4. The highest BCUT2D eigenvalue weighted by Gasteiger charge is 2.25. The molecule has 0 spiro atoms. The molecular formula is C20H25NO3. The van der Waals surface area contributed by atoms with E-state index in [2.05, 4.69) is 0 Å². The van der Waals surface area contributed by atoms with Gasteiger partial charge in [0.15, 0.2) is 0 Å². The first-order valence-electron chi connectivity index (χ1n) is 8.17. The number of likely N-dealkylation sites (N-methyl/N-ethyl adjacent to an activating group) is 1. The molecular weight excluding hydrogens is 302 g/mol. The van der Waals surface area contributed by atoms with Crippen LogP contribution in [0.15, 0.2) is 54.6 Å². The van der Waals surface area contributed by atoms with E-state index in [9.17, 15) is 4.79 Å². The third kappa shape index (κ3) is 5.10. The first-order valence-corrected chi connectivity index (χ1v) is 8.17. The largest absolute Gasteiger partial charge is 0.497 e. The molecule has 2 aromatic rings. The lowest BCUT2D eigenvalue weighted by Gasteiger charge is -2.26. The molecule has 0 aliphatic carbocycles. The van der Waals surface area contributed by atoms with Gasteiger partial charge >= 0.3 is 5.97 Å². The average Bonchev–Trinajstić information content (AvgIpc) is 2.60. The second-order valence-corrected chi connectivity index (χ2v) is 5.72. The van der Waals surface area contributed by atoms with Gasteiger partial charge in [0.05, 0.1) is 13.7 Å². The normalized spacial score (nSPS) is 12.0. The molecule has 0 amide bonds.